The van der Waals surface area contributed by atoms with Crippen molar-refractivity contribution in [3.05, 3.63) is 40.7 Å². The lowest BCUT2D eigenvalue weighted by molar-refractivity contribution is -0.146. The number of alkyl halides is 1. The first-order valence-electron chi connectivity index (χ1n) is 12.4. The van der Waals surface area contributed by atoms with Crippen molar-refractivity contribution in [3.63, 3.8) is 0 Å². The number of carbonyl (C=O) groups excluding carboxylic acids is 2. The average Bonchev–Trinajstić information content (AvgIpc) is 3.54. The lowest BCUT2D eigenvalue weighted by Gasteiger charge is -2.36. The number of hydrogen-bond donors (Lipinski definition) is 0. The van der Waals surface area contributed by atoms with Crippen LogP contribution in [0.2, 0.25) is 0 Å². The molecule has 0 N–H and O–H groups in total. The van der Waals surface area contributed by atoms with Crippen molar-refractivity contribution in [1.29, 1.82) is 0 Å². The SMILES string of the molecule is COC(=O)[C@@H]1[C@@H](C)[C@@H](F)CN1C(=O)c1cc(C2CC2)c(OCC23CC=C(CC(C)C2)C3)cc1F. The Bertz CT molecular complexity index is 1040. The molecule has 3 fully saturated rings. The zero-order chi connectivity index (χ0) is 24.2. The first-order valence-corrected chi connectivity index (χ1v) is 12.4. The standard InChI is InChI=1S/C27H33F2NO4/c1-15-8-17-6-7-27(11-15,12-17)14-34-23-10-21(28)20(9-19(23)18-4-5-18)25(31)30-13-22(29)16(2)24(30)26(32)33-3/h6,9-10,15-16,18,22,24H,4-5,7-8,11-14H2,1-3H3/t15?,16-,22-,24-,27?/m0/s1. The number of allylic oxidation sites excluding steroid dienone is 2. The topological polar surface area (TPSA) is 55.8 Å². The molecule has 5 nitrogen and oxygen atoms in total. The number of hydrogen-bond acceptors (Lipinski definition) is 4. The molecule has 7 heteroatoms. The van der Waals surface area contributed by atoms with Gasteiger partial charge >= 0.3 is 5.97 Å². The van der Waals surface area contributed by atoms with Gasteiger partial charge in [0.05, 0.1) is 25.8 Å². The summed E-state index contributed by atoms with van der Waals surface area (Å²) in [5.41, 5.74) is 2.27. The number of nitrogens with zero attached hydrogens (tertiary/aromatic N) is 1. The van der Waals surface area contributed by atoms with Crippen molar-refractivity contribution in [2.75, 3.05) is 20.3 Å². The van der Waals surface area contributed by atoms with Crippen LogP contribution >= 0.6 is 0 Å². The van der Waals surface area contributed by atoms with Gasteiger partial charge in [-0.3, -0.25) is 4.79 Å². The third-order valence-corrected chi connectivity index (χ3v) is 8.18. The van der Waals surface area contributed by atoms with E-state index in [1.165, 1.54) is 18.7 Å². The van der Waals surface area contributed by atoms with E-state index in [1.54, 1.807) is 13.0 Å². The largest absolute Gasteiger partial charge is 0.493 e. The zero-order valence-electron chi connectivity index (χ0n) is 20.1. The summed E-state index contributed by atoms with van der Waals surface area (Å²) in [5, 5.41) is 0. The van der Waals surface area contributed by atoms with Gasteiger partial charge in [-0.05, 0) is 62.0 Å². The van der Waals surface area contributed by atoms with Crippen LogP contribution in [0.4, 0.5) is 8.78 Å². The Hall–Kier alpha value is -2.44. The highest BCUT2D eigenvalue weighted by atomic mass is 19.1. The Labute approximate surface area is 199 Å². The molecule has 2 unspecified atom stereocenters. The van der Waals surface area contributed by atoms with Crippen LogP contribution in [0.25, 0.3) is 0 Å². The Morgan fingerprint density at radius 1 is 1.24 bits per heavy atom. The average molecular weight is 474 g/mol. The lowest BCUT2D eigenvalue weighted by atomic mass is 9.72. The van der Waals surface area contributed by atoms with Crippen molar-refractivity contribution >= 4 is 11.9 Å². The van der Waals surface area contributed by atoms with Crippen LogP contribution in [0, 0.1) is 23.1 Å². The number of ether oxygens (including phenoxy) is 2. The van der Waals surface area contributed by atoms with E-state index in [0.29, 0.717) is 18.3 Å². The Kier molecular flexibility index (Phi) is 5.93. The maximum Gasteiger partial charge on any atom is 0.328 e. The molecule has 1 aromatic carbocycles. The molecule has 1 aliphatic heterocycles. The normalized spacial score (nSPS) is 32.5. The molecule has 184 valence electrons. The van der Waals surface area contributed by atoms with E-state index in [1.807, 2.05) is 0 Å². The van der Waals surface area contributed by atoms with E-state index in [4.69, 9.17) is 9.47 Å². The van der Waals surface area contributed by atoms with Gasteiger partial charge in [-0.25, -0.2) is 13.6 Å². The molecule has 5 atom stereocenters. The number of benzene rings is 1. The summed E-state index contributed by atoms with van der Waals surface area (Å²) >= 11 is 0. The molecular formula is C27H33F2NO4. The van der Waals surface area contributed by atoms with Crippen molar-refractivity contribution in [3.8, 4) is 5.75 Å². The maximum absolute atomic E-state index is 15.3. The molecule has 0 aromatic heterocycles. The van der Waals surface area contributed by atoms with E-state index >= 15 is 4.39 Å². The summed E-state index contributed by atoms with van der Waals surface area (Å²) in [7, 11) is 1.20. The second kappa shape index (κ2) is 8.65. The number of halogens is 2. The van der Waals surface area contributed by atoms with Crippen LogP contribution in [0.5, 0.6) is 5.75 Å². The Morgan fingerprint density at radius 3 is 2.71 bits per heavy atom. The first kappa shape index (κ1) is 23.3. The first-order chi connectivity index (χ1) is 16.2. The van der Waals surface area contributed by atoms with E-state index in [0.717, 1.165) is 49.0 Å². The van der Waals surface area contributed by atoms with Crippen LogP contribution in [-0.2, 0) is 9.53 Å². The van der Waals surface area contributed by atoms with Gasteiger partial charge in [0.25, 0.3) is 5.91 Å². The number of fused-ring (bicyclic) bond motifs is 2. The van der Waals surface area contributed by atoms with Crippen LogP contribution in [0.3, 0.4) is 0 Å². The second-order valence-corrected chi connectivity index (χ2v) is 11.0. The fraction of sp³-hybridized carbons (Fsp3) is 0.630. The van der Waals surface area contributed by atoms with Gasteiger partial charge in [0.15, 0.2) is 0 Å². The minimum absolute atomic E-state index is 0.0777. The third kappa shape index (κ3) is 4.11. The Morgan fingerprint density at radius 2 is 2.00 bits per heavy atom. The molecule has 0 spiro atoms. The Balaban J connectivity index is 1.39. The van der Waals surface area contributed by atoms with E-state index < -0.39 is 35.8 Å². The minimum atomic E-state index is -1.37. The summed E-state index contributed by atoms with van der Waals surface area (Å²) in [6, 6.07) is 1.81. The predicted octanol–water partition coefficient (Wildman–Crippen LogP) is 5.19. The van der Waals surface area contributed by atoms with Gasteiger partial charge in [-0.15, -0.1) is 0 Å². The quantitative estimate of drug-likeness (QED) is 0.422. The maximum atomic E-state index is 15.3. The molecule has 4 aliphatic rings. The second-order valence-electron chi connectivity index (χ2n) is 11.0. The van der Waals surface area contributed by atoms with Gasteiger partial charge in [-0.2, -0.15) is 0 Å². The number of rotatable bonds is 6. The summed E-state index contributed by atoms with van der Waals surface area (Å²) < 4.78 is 40.8. The van der Waals surface area contributed by atoms with E-state index in [2.05, 4.69) is 13.0 Å². The molecule has 1 amide bonds. The van der Waals surface area contributed by atoms with Crippen molar-refractivity contribution in [2.45, 2.75) is 70.5 Å². The van der Waals surface area contributed by atoms with Crippen molar-refractivity contribution in [2.24, 2.45) is 17.3 Å². The molecule has 1 heterocycles. The molecule has 2 saturated carbocycles. The smallest absolute Gasteiger partial charge is 0.328 e. The van der Waals surface area contributed by atoms with Crippen LogP contribution < -0.4 is 4.74 Å². The fourth-order valence-electron chi connectivity index (χ4n) is 6.31. The van der Waals surface area contributed by atoms with Crippen LogP contribution in [-0.4, -0.2) is 49.3 Å². The molecule has 0 radical (unpaired) electrons. The van der Waals surface area contributed by atoms with Crippen LogP contribution in [0.1, 0.15) is 74.2 Å². The number of methoxy groups -OCH3 is 1. The molecular weight excluding hydrogens is 440 g/mol. The number of likely N-dealkylation sites (tertiary alicyclic amines) is 1. The van der Waals surface area contributed by atoms with E-state index in [9.17, 15) is 14.0 Å². The number of esters is 1. The lowest BCUT2D eigenvalue weighted by Crippen LogP contribution is -2.43. The fourth-order valence-corrected chi connectivity index (χ4v) is 6.31. The van der Waals surface area contributed by atoms with Gasteiger partial charge in [-0.1, -0.05) is 25.5 Å². The zero-order valence-corrected chi connectivity index (χ0v) is 20.1. The van der Waals surface area contributed by atoms with Gasteiger partial charge < -0.3 is 14.4 Å². The monoisotopic (exact) mass is 473 g/mol. The van der Waals surface area contributed by atoms with Crippen molar-refractivity contribution < 1.29 is 27.8 Å². The van der Waals surface area contributed by atoms with Gasteiger partial charge in [0.2, 0.25) is 0 Å². The molecule has 34 heavy (non-hydrogen) atoms. The highest BCUT2D eigenvalue weighted by Gasteiger charge is 2.47. The molecule has 1 saturated heterocycles. The van der Waals surface area contributed by atoms with Crippen LogP contribution in [0.15, 0.2) is 23.8 Å². The minimum Gasteiger partial charge on any atom is -0.493 e. The predicted molar refractivity (Wildman–Crippen MR) is 123 cm³/mol. The molecule has 2 bridgehead atoms. The summed E-state index contributed by atoms with van der Waals surface area (Å²) in [6.07, 6.45) is 7.17. The summed E-state index contributed by atoms with van der Waals surface area (Å²) in [5.74, 6) is -1.44. The highest BCUT2D eigenvalue weighted by molar-refractivity contribution is 5.98. The number of amides is 1. The van der Waals surface area contributed by atoms with Crippen molar-refractivity contribution in [1.82, 2.24) is 4.90 Å². The molecule has 3 aliphatic carbocycles. The van der Waals surface area contributed by atoms with E-state index in [-0.39, 0.29) is 23.4 Å². The molecule has 1 aromatic rings. The highest BCUT2D eigenvalue weighted by Crippen LogP contribution is 2.51. The molecule has 5 rings (SSSR count). The van der Waals surface area contributed by atoms with Gasteiger partial charge in [0, 0.05) is 17.4 Å². The van der Waals surface area contributed by atoms with Gasteiger partial charge in [0.1, 0.15) is 23.8 Å². The summed E-state index contributed by atoms with van der Waals surface area (Å²) in [6.45, 7) is 4.11. The third-order valence-electron chi connectivity index (χ3n) is 8.18. The number of carbonyl (C=O) groups is 2. The summed E-state index contributed by atoms with van der Waals surface area (Å²) in [4.78, 5) is 26.7.